The Balaban J connectivity index is 1.63. The second kappa shape index (κ2) is 7.46. The van der Waals surface area contributed by atoms with Crippen molar-refractivity contribution in [1.29, 1.82) is 0 Å². The van der Waals surface area contributed by atoms with Crippen LogP contribution in [0.3, 0.4) is 0 Å². The van der Waals surface area contributed by atoms with E-state index in [4.69, 9.17) is 0 Å². The molecular weight excluding hydrogens is 355 g/mol. The average Bonchev–Trinajstić information content (AvgIpc) is 3.32. The third kappa shape index (κ3) is 3.38. The van der Waals surface area contributed by atoms with Crippen LogP contribution in [0.1, 0.15) is 34.6 Å². The monoisotopic (exact) mass is 378 g/mol. The lowest BCUT2D eigenvalue weighted by Gasteiger charge is -2.20. The number of halogens is 1. The number of rotatable bonds is 4. The zero-order valence-corrected chi connectivity index (χ0v) is 16.1. The summed E-state index contributed by atoms with van der Waals surface area (Å²) in [5.41, 5.74) is 3.88. The highest BCUT2D eigenvalue weighted by molar-refractivity contribution is 6.06. The summed E-state index contributed by atoms with van der Waals surface area (Å²) >= 11 is 0. The highest BCUT2D eigenvalue weighted by Crippen LogP contribution is 2.28. The molecule has 2 aromatic heterocycles. The molecule has 0 spiro atoms. The fourth-order valence-corrected chi connectivity index (χ4v) is 3.85. The van der Waals surface area contributed by atoms with Crippen molar-refractivity contribution in [3.8, 4) is 5.69 Å². The van der Waals surface area contributed by atoms with Gasteiger partial charge in [0, 0.05) is 36.4 Å². The number of carbonyl (C=O) groups excluding carboxylic acids is 1. The number of hydrogen-bond donors (Lipinski definition) is 1. The SMILES string of the molecule is Cc1cc(C(=O)Nc2cccnc2N2CCCC2)c(C)n1-c1ccc(F)cc1. The fraction of sp³-hybridized carbons (Fsp3) is 0.273. The number of nitrogens with zero attached hydrogens (tertiary/aromatic N) is 3. The lowest BCUT2D eigenvalue weighted by atomic mass is 10.2. The maximum absolute atomic E-state index is 13.3. The highest BCUT2D eigenvalue weighted by atomic mass is 19.1. The number of aromatic nitrogens is 2. The number of anilines is 2. The lowest BCUT2D eigenvalue weighted by molar-refractivity contribution is 0.102. The Hall–Kier alpha value is -3.15. The lowest BCUT2D eigenvalue weighted by Crippen LogP contribution is -2.22. The Morgan fingerprint density at radius 1 is 1.11 bits per heavy atom. The maximum Gasteiger partial charge on any atom is 0.257 e. The Kier molecular flexibility index (Phi) is 4.86. The Morgan fingerprint density at radius 2 is 1.82 bits per heavy atom. The summed E-state index contributed by atoms with van der Waals surface area (Å²) < 4.78 is 15.2. The van der Waals surface area contributed by atoms with Crippen LogP contribution in [-0.2, 0) is 0 Å². The van der Waals surface area contributed by atoms with Gasteiger partial charge in [-0.25, -0.2) is 9.37 Å². The molecule has 5 nitrogen and oxygen atoms in total. The minimum atomic E-state index is -0.282. The molecule has 0 saturated carbocycles. The first-order valence-electron chi connectivity index (χ1n) is 9.51. The molecule has 1 aliphatic rings. The third-order valence-corrected chi connectivity index (χ3v) is 5.20. The molecule has 0 bridgehead atoms. The van der Waals surface area contributed by atoms with Crippen LogP contribution in [0.4, 0.5) is 15.9 Å². The van der Waals surface area contributed by atoms with Crippen molar-refractivity contribution < 1.29 is 9.18 Å². The van der Waals surface area contributed by atoms with Crippen LogP contribution in [0.5, 0.6) is 0 Å². The van der Waals surface area contributed by atoms with E-state index in [1.807, 2.05) is 36.6 Å². The molecule has 1 fully saturated rings. The highest BCUT2D eigenvalue weighted by Gasteiger charge is 2.21. The number of pyridine rings is 1. The number of aryl methyl sites for hydroxylation is 1. The zero-order valence-electron chi connectivity index (χ0n) is 16.1. The summed E-state index contributed by atoms with van der Waals surface area (Å²) in [4.78, 5) is 19.7. The van der Waals surface area contributed by atoms with Crippen molar-refractivity contribution in [3.05, 3.63) is 71.4 Å². The molecule has 0 radical (unpaired) electrons. The van der Waals surface area contributed by atoms with Crippen LogP contribution in [0.25, 0.3) is 5.69 Å². The van der Waals surface area contributed by atoms with Crippen LogP contribution in [0, 0.1) is 19.7 Å². The first kappa shape index (κ1) is 18.2. The molecule has 4 rings (SSSR count). The largest absolute Gasteiger partial charge is 0.355 e. The minimum Gasteiger partial charge on any atom is -0.355 e. The molecule has 3 aromatic rings. The van der Waals surface area contributed by atoms with Crippen molar-refractivity contribution >= 4 is 17.4 Å². The first-order valence-corrected chi connectivity index (χ1v) is 9.51. The first-order chi connectivity index (χ1) is 13.5. The predicted octanol–water partition coefficient (Wildman–Crippen LogP) is 4.48. The second-order valence-corrected chi connectivity index (χ2v) is 7.12. The molecule has 144 valence electrons. The second-order valence-electron chi connectivity index (χ2n) is 7.12. The van der Waals surface area contributed by atoms with Gasteiger partial charge in [-0.05, 0) is 69.2 Å². The van der Waals surface area contributed by atoms with E-state index < -0.39 is 0 Å². The smallest absolute Gasteiger partial charge is 0.257 e. The van der Waals surface area contributed by atoms with Gasteiger partial charge in [-0.2, -0.15) is 0 Å². The van der Waals surface area contributed by atoms with Crippen LogP contribution >= 0.6 is 0 Å². The predicted molar refractivity (Wildman–Crippen MR) is 109 cm³/mol. The fourth-order valence-electron chi connectivity index (χ4n) is 3.85. The molecule has 1 aromatic carbocycles. The maximum atomic E-state index is 13.3. The van der Waals surface area contributed by atoms with E-state index >= 15 is 0 Å². The molecule has 28 heavy (non-hydrogen) atoms. The van der Waals surface area contributed by atoms with Gasteiger partial charge < -0.3 is 14.8 Å². The molecule has 0 atom stereocenters. The number of benzene rings is 1. The van der Waals surface area contributed by atoms with Gasteiger partial charge >= 0.3 is 0 Å². The zero-order chi connectivity index (χ0) is 19.7. The number of nitrogens with one attached hydrogen (secondary N) is 1. The average molecular weight is 378 g/mol. The quantitative estimate of drug-likeness (QED) is 0.728. The van der Waals surface area contributed by atoms with Gasteiger partial charge in [0.2, 0.25) is 0 Å². The topological polar surface area (TPSA) is 50.2 Å². The van der Waals surface area contributed by atoms with Crippen LogP contribution in [0.2, 0.25) is 0 Å². The van der Waals surface area contributed by atoms with E-state index in [0.717, 1.165) is 54.5 Å². The molecular formula is C22H23FN4O. The van der Waals surface area contributed by atoms with E-state index in [1.54, 1.807) is 18.3 Å². The van der Waals surface area contributed by atoms with Crippen LogP contribution in [-0.4, -0.2) is 28.5 Å². The van der Waals surface area contributed by atoms with Gasteiger partial charge in [-0.1, -0.05) is 0 Å². The van der Waals surface area contributed by atoms with Gasteiger partial charge in [-0.3, -0.25) is 4.79 Å². The molecule has 1 N–H and O–H groups in total. The van der Waals surface area contributed by atoms with Crippen molar-refractivity contribution in [2.75, 3.05) is 23.3 Å². The molecule has 0 unspecified atom stereocenters. The molecule has 6 heteroatoms. The number of amides is 1. The van der Waals surface area contributed by atoms with Gasteiger partial charge in [0.25, 0.3) is 5.91 Å². The summed E-state index contributed by atoms with van der Waals surface area (Å²) in [6.07, 6.45) is 4.04. The normalized spacial score (nSPS) is 13.8. The number of carbonyl (C=O) groups is 1. The summed E-state index contributed by atoms with van der Waals surface area (Å²) in [5.74, 6) is 0.366. The minimum absolute atomic E-state index is 0.171. The molecule has 1 amide bonds. The molecule has 0 aliphatic carbocycles. The van der Waals surface area contributed by atoms with Crippen LogP contribution in [0.15, 0.2) is 48.7 Å². The van der Waals surface area contributed by atoms with Gasteiger partial charge in [0.1, 0.15) is 5.82 Å². The van der Waals surface area contributed by atoms with Gasteiger partial charge in [0.15, 0.2) is 5.82 Å². The molecule has 3 heterocycles. The Bertz CT molecular complexity index is 1000. The van der Waals surface area contributed by atoms with Crippen LogP contribution < -0.4 is 10.2 Å². The summed E-state index contributed by atoms with van der Waals surface area (Å²) in [7, 11) is 0. The molecule has 1 saturated heterocycles. The van der Waals surface area contributed by atoms with E-state index in [0.29, 0.717) is 5.56 Å². The summed E-state index contributed by atoms with van der Waals surface area (Å²) in [5, 5.41) is 3.03. The van der Waals surface area contributed by atoms with Crippen molar-refractivity contribution in [3.63, 3.8) is 0 Å². The summed E-state index contributed by atoms with van der Waals surface area (Å²) in [6.45, 7) is 5.75. The van der Waals surface area contributed by atoms with E-state index in [9.17, 15) is 9.18 Å². The van der Waals surface area contributed by atoms with Gasteiger partial charge in [-0.15, -0.1) is 0 Å². The number of hydrogen-bond acceptors (Lipinski definition) is 3. The van der Waals surface area contributed by atoms with E-state index in [1.165, 1.54) is 12.1 Å². The standard InChI is InChI=1S/C22H23FN4O/c1-15-14-19(16(2)27(15)18-9-7-17(23)8-10-18)22(28)25-20-6-5-11-24-21(20)26-12-3-4-13-26/h5-11,14H,3-4,12-13H2,1-2H3,(H,25,28). The van der Waals surface area contributed by atoms with Crippen molar-refractivity contribution in [1.82, 2.24) is 9.55 Å². The van der Waals surface area contributed by atoms with Crippen molar-refractivity contribution in [2.45, 2.75) is 26.7 Å². The van der Waals surface area contributed by atoms with Gasteiger partial charge in [0.05, 0.1) is 11.3 Å². The molecule has 1 aliphatic heterocycles. The Labute approximate surface area is 163 Å². The van der Waals surface area contributed by atoms with Crippen molar-refractivity contribution in [2.24, 2.45) is 0 Å². The Morgan fingerprint density at radius 3 is 2.54 bits per heavy atom. The van der Waals surface area contributed by atoms with E-state index in [-0.39, 0.29) is 11.7 Å². The summed E-state index contributed by atoms with van der Waals surface area (Å²) in [6, 6.07) is 11.8. The third-order valence-electron chi connectivity index (χ3n) is 5.20. The van der Waals surface area contributed by atoms with E-state index in [2.05, 4.69) is 15.2 Å².